The van der Waals surface area contributed by atoms with Crippen LogP contribution in [0.5, 0.6) is 5.88 Å². The predicted molar refractivity (Wildman–Crippen MR) is 70.3 cm³/mol. The van der Waals surface area contributed by atoms with Crippen molar-refractivity contribution in [2.45, 2.75) is 13.5 Å². The normalized spacial score (nSPS) is 12.8. The number of rotatable bonds is 5. The number of ether oxygens (including phenoxy) is 2. The molecule has 1 N–H and O–H groups in total. The molecule has 0 fully saturated rings. The minimum absolute atomic E-state index is 0.349. The summed E-state index contributed by atoms with van der Waals surface area (Å²) in [6, 6.07) is 0. The standard InChI is InChI=1S/C11H16N4O2S/c1-7(5-16-2)4-15-9-8(14-11(15)18)10(17-3)13-6-12-9/h6-7H,4-5H2,1-3H3,(H,14,18). The van der Waals surface area contributed by atoms with Crippen LogP contribution < -0.4 is 4.74 Å². The molecule has 0 aromatic carbocycles. The molecule has 0 aliphatic rings. The Balaban J connectivity index is 2.45. The van der Waals surface area contributed by atoms with E-state index >= 15 is 0 Å². The third kappa shape index (κ3) is 2.37. The number of fused-ring (bicyclic) bond motifs is 1. The second-order valence-electron chi connectivity index (χ2n) is 4.18. The minimum Gasteiger partial charge on any atom is -0.479 e. The highest BCUT2D eigenvalue weighted by Crippen LogP contribution is 2.20. The Labute approximate surface area is 110 Å². The Morgan fingerprint density at radius 1 is 1.44 bits per heavy atom. The van der Waals surface area contributed by atoms with Crippen LogP contribution in [0.15, 0.2) is 6.33 Å². The lowest BCUT2D eigenvalue weighted by Gasteiger charge is -2.11. The van der Waals surface area contributed by atoms with E-state index in [1.54, 1.807) is 14.2 Å². The first-order valence-corrected chi connectivity index (χ1v) is 6.04. The van der Waals surface area contributed by atoms with Gasteiger partial charge < -0.3 is 19.0 Å². The van der Waals surface area contributed by atoms with Gasteiger partial charge in [0.1, 0.15) is 11.8 Å². The lowest BCUT2D eigenvalue weighted by Crippen LogP contribution is -2.13. The summed E-state index contributed by atoms with van der Waals surface area (Å²) in [6.45, 7) is 3.52. The second-order valence-corrected chi connectivity index (χ2v) is 4.57. The number of aromatic nitrogens is 4. The third-order valence-corrected chi connectivity index (χ3v) is 2.99. The first kappa shape index (κ1) is 13.0. The number of imidazole rings is 1. The molecule has 0 radical (unpaired) electrons. The van der Waals surface area contributed by atoms with Crippen molar-refractivity contribution in [2.75, 3.05) is 20.8 Å². The molecule has 2 rings (SSSR count). The fraction of sp³-hybridized carbons (Fsp3) is 0.545. The number of hydrogen-bond acceptors (Lipinski definition) is 5. The van der Waals surface area contributed by atoms with Gasteiger partial charge in [-0.15, -0.1) is 0 Å². The van der Waals surface area contributed by atoms with E-state index in [0.29, 0.717) is 23.2 Å². The summed E-state index contributed by atoms with van der Waals surface area (Å²) in [4.78, 5) is 11.4. The Morgan fingerprint density at radius 3 is 2.89 bits per heavy atom. The largest absolute Gasteiger partial charge is 0.479 e. The van der Waals surface area contributed by atoms with E-state index < -0.39 is 0 Å². The molecule has 98 valence electrons. The molecule has 1 atom stereocenters. The van der Waals surface area contributed by atoms with Crippen LogP contribution in [0.25, 0.3) is 11.2 Å². The van der Waals surface area contributed by atoms with Gasteiger partial charge in [0, 0.05) is 13.7 Å². The van der Waals surface area contributed by atoms with Gasteiger partial charge in [-0.1, -0.05) is 6.92 Å². The molecule has 0 spiro atoms. The SMILES string of the molecule is COCC(C)Cn1c(=S)[nH]c2c(OC)ncnc21. The van der Waals surface area contributed by atoms with Gasteiger partial charge in [0.05, 0.1) is 13.7 Å². The van der Waals surface area contributed by atoms with Crippen LogP contribution in [0, 0.1) is 10.7 Å². The summed E-state index contributed by atoms with van der Waals surface area (Å²) in [7, 11) is 3.26. The molecule has 0 saturated carbocycles. The maximum absolute atomic E-state index is 5.31. The minimum atomic E-state index is 0.349. The Kier molecular flexibility index (Phi) is 3.93. The van der Waals surface area contributed by atoms with E-state index in [1.165, 1.54) is 6.33 Å². The third-order valence-electron chi connectivity index (χ3n) is 2.66. The average molecular weight is 268 g/mol. The van der Waals surface area contributed by atoms with Crippen molar-refractivity contribution in [3.05, 3.63) is 11.1 Å². The van der Waals surface area contributed by atoms with Gasteiger partial charge in [0.2, 0.25) is 5.88 Å². The molecule has 0 bridgehead atoms. The van der Waals surface area contributed by atoms with Crippen LogP contribution >= 0.6 is 12.2 Å². The monoisotopic (exact) mass is 268 g/mol. The van der Waals surface area contributed by atoms with E-state index in [2.05, 4.69) is 21.9 Å². The molecular weight excluding hydrogens is 252 g/mol. The van der Waals surface area contributed by atoms with Crippen molar-refractivity contribution in [1.82, 2.24) is 19.5 Å². The van der Waals surface area contributed by atoms with Gasteiger partial charge in [-0.05, 0) is 18.1 Å². The van der Waals surface area contributed by atoms with Crippen molar-refractivity contribution in [2.24, 2.45) is 5.92 Å². The molecule has 2 aromatic heterocycles. The Hall–Kier alpha value is -1.47. The number of aromatic amines is 1. The van der Waals surface area contributed by atoms with Crippen molar-refractivity contribution < 1.29 is 9.47 Å². The van der Waals surface area contributed by atoms with Crippen LogP contribution in [-0.4, -0.2) is 40.3 Å². The summed E-state index contributed by atoms with van der Waals surface area (Å²) in [5.74, 6) is 0.853. The molecule has 2 aromatic rings. The fourth-order valence-corrected chi connectivity index (χ4v) is 2.18. The number of methoxy groups -OCH3 is 2. The van der Waals surface area contributed by atoms with Crippen LogP contribution in [0.2, 0.25) is 0 Å². The topological polar surface area (TPSA) is 65.0 Å². The molecule has 0 aliphatic carbocycles. The summed E-state index contributed by atoms with van der Waals surface area (Å²) < 4.78 is 12.9. The Bertz CT molecular complexity index is 592. The highest BCUT2D eigenvalue weighted by Gasteiger charge is 2.13. The first-order chi connectivity index (χ1) is 8.67. The fourth-order valence-electron chi connectivity index (χ4n) is 1.92. The van der Waals surface area contributed by atoms with Crippen molar-refractivity contribution in [3.8, 4) is 5.88 Å². The summed E-state index contributed by atoms with van der Waals surface area (Å²) >= 11 is 5.31. The van der Waals surface area contributed by atoms with Gasteiger partial charge in [-0.2, -0.15) is 4.98 Å². The number of nitrogens with zero attached hydrogens (tertiary/aromatic N) is 3. The number of H-pyrrole nitrogens is 1. The van der Waals surface area contributed by atoms with E-state index in [0.717, 1.165) is 17.7 Å². The molecule has 0 amide bonds. The van der Waals surface area contributed by atoms with Crippen molar-refractivity contribution in [1.29, 1.82) is 0 Å². The maximum atomic E-state index is 5.31. The van der Waals surface area contributed by atoms with E-state index in [4.69, 9.17) is 21.7 Å². The maximum Gasteiger partial charge on any atom is 0.242 e. The zero-order valence-electron chi connectivity index (χ0n) is 10.6. The van der Waals surface area contributed by atoms with Gasteiger partial charge in [-0.3, -0.25) is 0 Å². The highest BCUT2D eigenvalue weighted by molar-refractivity contribution is 7.71. The molecule has 1 unspecified atom stereocenters. The quantitative estimate of drug-likeness (QED) is 0.837. The summed E-state index contributed by atoms with van der Waals surface area (Å²) in [5, 5.41) is 0. The first-order valence-electron chi connectivity index (χ1n) is 5.63. The highest BCUT2D eigenvalue weighted by atomic mass is 32.1. The molecule has 7 heteroatoms. The van der Waals surface area contributed by atoms with Crippen molar-refractivity contribution >= 4 is 23.4 Å². The lowest BCUT2D eigenvalue weighted by molar-refractivity contribution is 0.151. The zero-order valence-corrected chi connectivity index (χ0v) is 11.5. The Morgan fingerprint density at radius 2 is 2.22 bits per heavy atom. The number of nitrogens with one attached hydrogen (secondary N) is 1. The van der Waals surface area contributed by atoms with Gasteiger partial charge in [0.15, 0.2) is 10.4 Å². The predicted octanol–water partition coefficient (Wildman–Crippen LogP) is 1.78. The molecule has 0 aliphatic heterocycles. The summed E-state index contributed by atoms with van der Waals surface area (Å²) in [5.41, 5.74) is 1.49. The average Bonchev–Trinajstić information content (AvgIpc) is 2.66. The summed E-state index contributed by atoms with van der Waals surface area (Å²) in [6.07, 6.45) is 1.47. The smallest absolute Gasteiger partial charge is 0.242 e. The van der Waals surface area contributed by atoms with Crippen molar-refractivity contribution in [3.63, 3.8) is 0 Å². The van der Waals surface area contributed by atoms with E-state index in [-0.39, 0.29) is 0 Å². The van der Waals surface area contributed by atoms with E-state index in [9.17, 15) is 0 Å². The van der Waals surface area contributed by atoms with Gasteiger partial charge in [0.25, 0.3) is 0 Å². The van der Waals surface area contributed by atoms with Gasteiger partial charge in [-0.25, -0.2) is 4.98 Å². The second kappa shape index (κ2) is 5.45. The molecule has 2 heterocycles. The lowest BCUT2D eigenvalue weighted by atomic mass is 10.2. The van der Waals surface area contributed by atoms with E-state index in [1.807, 2.05) is 4.57 Å². The van der Waals surface area contributed by atoms with Crippen LogP contribution in [0.4, 0.5) is 0 Å². The van der Waals surface area contributed by atoms with Crippen LogP contribution in [0.1, 0.15) is 6.92 Å². The molecule has 6 nitrogen and oxygen atoms in total. The molecule has 18 heavy (non-hydrogen) atoms. The number of hydrogen-bond donors (Lipinski definition) is 1. The van der Waals surface area contributed by atoms with Crippen LogP contribution in [0.3, 0.4) is 0 Å². The van der Waals surface area contributed by atoms with Crippen LogP contribution in [-0.2, 0) is 11.3 Å². The molecule has 0 saturated heterocycles. The zero-order chi connectivity index (χ0) is 13.1. The van der Waals surface area contributed by atoms with Gasteiger partial charge >= 0.3 is 0 Å². The molecular formula is C11H16N4O2S.